The second-order valence-corrected chi connectivity index (χ2v) is 6.11. The fraction of sp³-hybridized carbons (Fsp3) is 0.400. The second kappa shape index (κ2) is 4.50. The average Bonchev–Trinajstić information content (AvgIpc) is 2.06. The van der Waals surface area contributed by atoms with Crippen LogP contribution >= 0.6 is 0 Å². The van der Waals surface area contributed by atoms with Crippen molar-refractivity contribution in [2.75, 3.05) is 10.5 Å². The predicted octanol–water partition coefficient (Wildman–Crippen LogP) is 1.45. The van der Waals surface area contributed by atoms with Gasteiger partial charge in [0, 0.05) is 5.54 Å². The first-order valence-electron chi connectivity index (χ1n) is 4.96. The van der Waals surface area contributed by atoms with Crippen molar-refractivity contribution in [2.45, 2.75) is 26.3 Å². The minimum absolute atomic E-state index is 0.110. The largest absolute Gasteiger partial charge is 0.396 e. The Labute approximate surface area is 100 Å². The van der Waals surface area contributed by atoms with E-state index in [4.69, 9.17) is 5.73 Å². The van der Waals surface area contributed by atoms with Crippen LogP contribution in [0.1, 0.15) is 20.8 Å². The van der Waals surface area contributed by atoms with E-state index < -0.39 is 21.6 Å². The number of nitrogens with one attached hydrogen (secondary N) is 2. The van der Waals surface area contributed by atoms with Gasteiger partial charge in [0.25, 0.3) is 10.2 Å². The first-order chi connectivity index (χ1) is 7.59. The van der Waals surface area contributed by atoms with Gasteiger partial charge in [-0.2, -0.15) is 13.1 Å². The summed E-state index contributed by atoms with van der Waals surface area (Å²) in [6, 6.07) is 3.62. The molecule has 0 aliphatic rings. The Morgan fingerprint density at radius 2 is 1.88 bits per heavy atom. The van der Waals surface area contributed by atoms with Crippen molar-refractivity contribution in [2.24, 2.45) is 0 Å². The predicted molar refractivity (Wildman–Crippen MR) is 66.2 cm³/mol. The molecule has 1 aromatic carbocycles. The van der Waals surface area contributed by atoms with Gasteiger partial charge in [-0.05, 0) is 39.0 Å². The maximum absolute atomic E-state index is 12.9. The third-order valence-corrected chi connectivity index (χ3v) is 3.07. The molecule has 0 amide bonds. The van der Waals surface area contributed by atoms with E-state index in [2.05, 4.69) is 9.44 Å². The molecule has 4 N–H and O–H groups in total. The van der Waals surface area contributed by atoms with E-state index in [0.29, 0.717) is 0 Å². The van der Waals surface area contributed by atoms with Crippen molar-refractivity contribution in [3.8, 4) is 0 Å². The molecular formula is C10H16FN3O2S. The minimum atomic E-state index is -3.70. The summed E-state index contributed by atoms with van der Waals surface area (Å²) in [4.78, 5) is 0. The summed E-state index contributed by atoms with van der Waals surface area (Å²) in [5.41, 5.74) is 4.84. The highest BCUT2D eigenvalue weighted by Gasteiger charge is 2.19. The number of nitrogens with two attached hydrogens (primary N) is 1. The fourth-order valence-corrected chi connectivity index (χ4v) is 2.49. The molecule has 0 radical (unpaired) electrons. The second-order valence-electron chi connectivity index (χ2n) is 4.69. The topological polar surface area (TPSA) is 84.2 Å². The van der Waals surface area contributed by atoms with E-state index in [9.17, 15) is 12.8 Å². The van der Waals surface area contributed by atoms with Crippen LogP contribution in [0.3, 0.4) is 0 Å². The Bertz CT molecular complexity index is 509. The zero-order chi connectivity index (χ0) is 13.3. The fourth-order valence-electron chi connectivity index (χ4n) is 1.19. The Balaban J connectivity index is 2.87. The molecule has 0 heterocycles. The van der Waals surface area contributed by atoms with Crippen molar-refractivity contribution in [3.05, 3.63) is 24.0 Å². The molecule has 0 atom stereocenters. The Hall–Kier alpha value is -1.34. The van der Waals surface area contributed by atoms with Crippen molar-refractivity contribution in [1.29, 1.82) is 0 Å². The number of benzene rings is 1. The third-order valence-electron chi connectivity index (χ3n) is 1.69. The van der Waals surface area contributed by atoms with Gasteiger partial charge in [0.2, 0.25) is 0 Å². The van der Waals surface area contributed by atoms with Crippen molar-refractivity contribution >= 4 is 21.6 Å². The highest BCUT2D eigenvalue weighted by Crippen LogP contribution is 2.17. The lowest BCUT2D eigenvalue weighted by Gasteiger charge is -2.20. The molecule has 1 aromatic rings. The van der Waals surface area contributed by atoms with E-state index in [1.54, 1.807) is 20.8 Å². The minimum Gasteiger partial charge on any atom is -0.396 e. The molecule has 0 aliphatic heterocycles. The van der Waals surface area contributed by atoms with Gasteiger partial charge in [-0.1, -0.05) is 0 Å². The van der Waals surface area contributed by atoms with Gasteiger partial charge in [-0.25, -0.2) is 4.39 Å². The van der Waals surface area contributed by atoms with Gasteiger partial charge in [-0.3, -0.25) is 4.72 Å². The van der Waals surface area contributed by atoms with Gasteiger partial charge < -0.3 is 5.73 Å². The summed E-state index contributed by atoms with van der Waals surface area (Å²) in [6.07, 6.45) is 0. The molecule has 0 spiro atoms. The lowest BCUT2D eigenvalue weighted by molar-refractivity contribution is 0.494. The molecule has 0 aromatic heterocycles. The van der Waals surface area contributed by atoms with Crippen LogP contribution in [0.4, 0.5) is 15.8 Å². The number of rotatable bonds is 3. The maximum atomic E-state index is 12.9. The molecule has 5 nitrogen and oxygen atoms in total. The van der Waals surface area contributed by atoms with Crippen LogP contribution in [0, 0.1) is 5.82 Å². The van der Waals surface area contributed by atoms with Crippen LogP contribution in [-0.2, 0) is 10.2 Å². The normalized spacial score (nSPS) is 12.5. The van der Waals surface area contributed by atoms with Crippen LogP contribution in [-0.4, -0.2) is 14.0 Å². The molecule has 0 aliphatic carbocycles. The lowest BCUT2D eigenvalue weighted by Crippen LogP contribution is -2.43. The first-order valence-corrected chi connectivity index (χ1v) is 6.44. The van der Waals surface area contributed by atoms with Crippen LogP contribution in [0.15, 0.2) is 18.2 Å². The maximum Gasteiger partial charge on any atom is 0.299 e. The summed E-state index contributed by atoms with van der Waals surface area (Å²) < 4.78 is 40.9. The molecule has 17 heavy (non-hydrogen) atoms. The number of anilines is 2. The Kier molecular flexibility index (Phi) is 3.63. The molecule has 0 unspecified atom stereocenters. The summed E-state index contributed by atoms with van der Waals surface area (Å²) >= 11 is 0. The van der Waals surface area contributed by atoms with E-state index in [0.717, 1.165) is 6.07 Å². The van der Waals surface area contributed by atoms with Crippen molar-refractivity contribution in [3.63, 3.8) is 0 Å². The Morgan fingerprint density at radius 3 is 2.35 bits per heavy atom. The zero-order valence-corrected chi connectivity index (χ0v) is 10.7. The SMILES string of the molecule is CC(C)(C)NS(=O)(=O)Nc1ccc(F)c(N)c1. The van der Waals surface area contributed by atoms with Gasteiger partial charge in [-0.15, -0.1) is 0 Å². The van der Waals surface area contributed by atoms with Gasteiger partial charge in [0.05, 0.1) is 11.4 Å². The molecule has 0 saturated carbocycles. The molecule has 96 valence electrons. The zero-order valence-electron chi connectivity index (χ0n) is 9.91. The van der Waals surface area contributed by atoms with Crippen LogP contribution in [0.2, 0.25) is 0 Å². The molecule has 0 bridgehead atoms. The summed E-state index contributed by atoms with van der Waals surface area (Å²) in [5.74, 6) is -0.586. The monoisotopic (exact) mass is 261 g/mol. The molecule has 0 fully saturated rings. The smallest absolute Gasteiger partial charge is 0.299 e. The number of nitrogen functional groups attached to an aromatic ring is 1. The van der Waals surface area contributed by atoms with E-state index in [1.807, 2.05) is 0 Å². The van der Waals surface area contributed by atoms with Crippen LogP contribution < -0.4 is 15.2 Å². The lowest BCUT2D eigenvalue weighted by atomic mass is 10.1. The van der Waals surface area contributed by atoms with Crippen molar-refractivity contribution in [1.82, 2.24) is 4.72 Å². The third kappa shape index (κ3) is 4.58. The van der Waals surface area contributed by atoms with Gasteiger partial charge in [0.15, 0.2) is 0 Å². The average molecular weight is 261 g/mol. The summed E-state index contributed by atoms with van der Waals surface area (Å²) in [7, 11) is -3.70. The standard InChI is InChI=1S/C10H16FN3O2S/c1-10(2,3)14-17(15,16)13-7-4-5-8(11)9(12)6-7/h4-6,13-14H,12H2,1-3H3. The van der Waals surface area contributed by atoms with Crippen molar-refractivity contribution < 1.29 is 12.8 Å². The molecular weight excluding hydrogens is 245 g/mol. The number of hydrogen-bond donors (Lipinski definition) is 3. The molecule has 1 rings (SSSR count). The Morgan fingerprint density at radius 1 is 1.29 bits per heavy atom. The van der Waals surface area contributed by atoms with E-state index >= 15 is 0 Å². The quantitative estimate of drug-likeness (QED) is 0.720. The highest BCUT2D eigenvalue weighted by molar-refractivity contribution is 7.90. The summed E-state index contributed by atoms with van der Waals surface area (Å²) in [6.45, 7) is 5.14. The summed E-state index contributed by atoms with van der Waals surface area (Å²) in [5, 5.41) is 0. The van der Waals surface area contributed by atoms with Crippen LogP contribution in [0.25, 0.3) is 0 Å². The highest BCUT2D eigenvalue weighted by atomic mass is 32.2. The van der Waals surface area contributed by atoms with E-state index in [1.165, 1.54) is 12.1 Å². The first kappa shape index (κ1) is 13.7. The van der Waals surface area contributed by atoms with Gasteiger partial charge in [0.1, 0.15) is 5.82 Å². The van der Waals surface area contributed by atoms with Gasteiger partial charge >= 0.3 is 0 Å². The number of halogens is 1. The van der Waals surface area contributed by atoms with E-state index in [-0.39, 0.29) is 11.4 Å². The van der Waals surface area contributed by atoms with Crippen LogP contribution in [0.5, 0.6) is 0 Å². The number of hydrogen-bond acceptors (Lipinski definition) is 3. The molecule has 0 saturated heterocycles. The molecule has 7 heteroatoms.